The van der Waals surface area contributed by atoms with Gasteiger partial charge in [0.05, 0.1) is 10.0 Å². The Labute approximate surface area is 199 Å². The van der Waals surface area contributed by atoms with Crippen LogP contribution < -0.4 is 5.32 Å². The third-order valence-corrected chi connectivity index (χ3v) is 6.23. The van der Waals surface area contributed by atoms with Crippen molar-refractivity contribution in [2.75, 3.05) is 6.54 Å². The van der Waals surface area contributed by atoms with Gasteiger partial charge in [0.1, 0.15) is 6.04 Å². The van der Waals surface area contributed by atoms with Gasteiger partial charge in [0, 0.05) is 24.5 Å². The first-order chi connectivity index (χ1) is 14.9. The predicted octanol–water partition coefficient (Wildman–Crippen LogP) is 6.30. The number of carbonyl (C=O) groups excluding carboxylic acids is 2. The average Bonchev–Trinajstić information content (AvgIpc) is 2.75. The lowest BCUT2D eigenvalue weighted by atomic mass is 10.1. The number of benzene rings is 2. The summed E-state index contributed by atoms with van der Waals surface area (Å²) < 4.78 is 0. The summed E-state index contributed by atoms with van der Waals surface area (Å²) in [6.07, 6.45) is 3.15. The highest BCUT2D eigenvalue weighted by Crippen LogP contribution is 2.25. The fraction of sp³-hybridized carbons (Fsp3) is 0.417. The number of nitrogens with one attached hydrogen (secondary N) is 1. The molecule has 2 rings (SSSR count). The van der Waals surface area contributed by atoms with Gasteiger partial charge in [-0.3, -0.25) is 9.59 Å². The van der Waals surface area contributed by atoms with E-state index in [0.29, 0.717) is 34.5 Å². The number of nitrogens with zero attached hydrogens (tertiary/aromatic N) is 1. The van der Waals surface area contributed by atoms with Crippen LogP contribution in [0.25, 0.3) is 0 Å². The Bertz CT molecular complexity index is 889. The summed E-state index contributed by atoms with van der Waals surface area (Å²) >= 11 is 18.4. The van der Waals surface area contributed by atoms with Crippen LogP contribution in [0.3, 0.4) is 0 Å². The highest BCUT2D eigenvalue weighted by Gasteiger charge is 2.28. The number of carbonyl (C=O) groups is 2. The van der Waals surface area contributed by atoms with E-state index in [2.05, 4.69) is 12.2 Å². The van der Waals surface area contributed by atoms with Gasteiger partial charge in [-0.2, -0.15) is 0 Å². The number of hydrogen-bond donors (Lipinski definition) is 1. The topological polar surface area (TPSA) is 49.4 Å². The minimum atomic E-state index is -0.565. The van der Waals surface area contributed by atoms with Crippen LogP contribution in [0.5, 0.6) is 0 Å². The molecule has 0 aliphatic heterocycles. The van der Waals surface area contributed by atoms with Crippen LogP contribution in [0, 0.1) is 0 Å². The average molecular weight is 484 g/mol. The third-order valence-electron chi connectivity index (χ3n) is 5.12. The highest BCUT2D eigenvalue weighted by atomic mass is 35.5. The number of amides is 2. The molecule has 2 amide bonds. The van der Waals surface area contributed by atoms with Crippen molar-refractivity contribution in [1.29, 1.82) is 0 Å². The zero-order chi connectivity index (χ0) is 22.8. The van der Waals surface area contributed by atoms with E-state index in [4.69, 9.17) is 34.8 Å². The summed E-state index contributed by atoms with van der Waals surface area (Å²) in [6, 6.07) is 12.2. The van der Waals surface area contributed by atoms with Crippen molar-refractivity contribution in [1.82, 2.24) is 10.2 Å². The summed E-state index contributed by atoms with van der Waals surface area (Å²) in [6.45, 7) is 4.85. The second-order valence-electron chi connectivity index (χ2n) is 7.43. The van der Waals surface area contributed by atoms with Crippen molar-refractivity contribution in [2.24, 2.45) is 0 Å². The van der Waals surface area contributed by atoms with Crippen molar-refractivity contribution in [3.63, 3.8) is 0 Å². The van der Waals surface area contributed by atoms with Gasteiger partial charge in [-0.05, 0) is 48.6 Å². The summed E-state index contributed by atoms with van der Waals surface area (Å²) in [5, 5.41) is 4.46. The van der Waals surface area contributed by atoms with Crippen molar-refractivity contribution in [2.45, 2.75) is 58.5 Å². The minimum absolute atomic E-state index is 0.108. The first-order valence-electron chi connectivity index (χ1n) is 10.6. The molecule has 2 aromatic rings. The summed E-state index contributed by atoms with van der Waals surface area (Å²) in [5.41, 5.74) is 1.73. The van der Waals surface area contributed by atoms with Crippen molar-refractivity contribution >= 4 is 46.6 Å². The third kappa shape index (κ3) is 7.71. The number of rotatable bonds is 11. The fourth-order valence-electron chi connectivity index (χ4n) is 3.35. The maximum Gasteiger partial charge on any atom is 0.242 e. The zero-order valence-electron chi connectivity index (χ0n) is 18.0. The van der Waals surface area contributed by atoms with Gasteiger partial charge in [0.15, 0.2) is 0 Å². The van der Waals surface area contributed by atoms with E-state index in [1.165, 1.54) is 0 Å². The summed E-state index contributed by atoms with van der Waals surface area (Å²) in [5.74, 6) is -0.245. The first kappa shape index (κ1) is 25.5. The van der Waals surface area contributed by atoms with Gasteiger partial charge in [-0.15, -0.1) is 0 Å². The van der Waals surface area contributed by atoms with E-state index in [-0.39, 0.29) is 24.8 Å². The lowest BCUT2D eigenvalue weighted by Gasteiger charge is -2.31. The molecule has 0 saturated carbocycles. The molecule has 1 N–H and O–H groups in total. The Morgan fingerprint density at radius 2 is 1.74 bits per heavy atom. The molecule has 0 fully saturated rings. The molecule has 0 bridgehead atoms. The Balaban J connectivity index is 2.22. The molecular formula is C24H29Cl3N2O2. The molecule has 1 atom stereocenters. The number of hydrogen-bond acceptors (Lipinski definition) is 2. The van der Waals surface area contributed by atoms with Gasteiger partial charge in [0.2, 0.25) is 11.8 Å². The molecule has 0 unspecified atom stereocenters. The van der Waals surface area contributed by atoms with E-state index in [9.17, 15) is 9.59 Å². The Morgan fingerprint density at radius 1 is 1.00 bits per heavy atom. The lowest BCUT2D eigenvalue weighted by molar-refractivity contribution is -0.141. The molecule has 0 aliphatic rings. The predicted molar refractivity (Wildman–Crippen MR) is 129 cm³/mol. The van der Waals surface area contributed by atoms with Crippen LogP contribution in [0.4, 0.5) is 0 Å². The van der Waals surface area contributed by atoms with Gasteiger partial charge in [0.25, 0.3) is 0 Å². The molecule has 0 saturated heterocycles. The standard InChI is InChI=1S/C24H29Cl3N2O2/c1-3-5-14-28-24(31)22(4-2)29(16-17-10-12-20(26)21(27)15-17)23(30)13-11-18-8-6-7-9-19(18)25/h6-10,12,15,22H,3-5,11,13-14,16H2,1-2H3,(H,28,31)/t22-/m0/s1. The van der Waals surface area contributed by atoms with Gasteiger partial charge in [-0.1, -0.05) is 79.3 Å². The number of halogens is 3. The summed E-state index contributed by atoms with van der Waals surface area (Å²) in [4.78, 5) is 27.8. The zero-order valence-corrected chi connectivity index (χ0v) is 20.2. The van der Waals surface area contributed by atoms with Gasteiger partial charge >= 0.3 is 0 Å². The maximum absolute atomic E-state index is 13.3. The normalized spacial score (nSPS) is 11.8. The number of unbranched alkanes of at least 4 members (excludes halogenated alkanes) is 1. The molecule has 168 valence electrons. The summed E-state index contributed by atoms with van der Waals surface area (Å²) in [7, 11) is 0. The van der Waals surface area contributed by atoms with E-state index >= 15 is 0 Å². The Hall–Kier alpha value is -1.75. The second kappa shape index (κ2) is 12.9. The molecule has 0 aromatic heterocycles. The van der Waals surface area contributed by atoms with E-state index < -0.39 is 6.04 Å². The molecule has 0 radical (unpaired) electrons. The van der Waals surface area contributed by atoms with Crippen molar-refractivity contribution in [3.05, 3.63) is 68.7 Å². The van der Waals surface area contributed by atoms with Crippen LogP contribution in [-0.4, -0.2) is 29.3 Å². The lowest BCUT2D eigenvalue weighted by Crippen LogP contribution is -2.49. The highest BCUT2D eigenvalue weighted by molar-refractivity contribution is 6.42. The van der Waals surface area contributed by atoms with Crippen molar-refractivity contribution < 1.29 is 9.59 Å². The Morgan fingerprint density at radius 3 is 2.39 bits per heavy atom. The van der Waals surface area contributed by atoms with Crippen LogP contribution in [0.15, 0.2) is 42.5 Å². The number of aryl methyl sites for hydroxylation is 1. The van der Waals surface area contributed by atoms with Crippen molar-refractivity contribution in [3.8, 4) is 0 Å². The molecule has 0 heterocycles. The smallest absolute Gasteiger partial charge is 0.242 e. The van der Waals surface area contributed by atoms with Crippen LogP contribution in [0.1, 0.15) is 50.7 Å². The molecule has 7 heteroatoms. The first-order valence-corrected chi connectivity index (χ1v) is 11.7. The molecule has 2 aromatic carbocycles. The second-order valence-corrected chi connectivity index (χ2v) is 8.65. The minimum Gasteiger partial charge on any atom is -0.354 e. The van der Waals surface area contributed by atoms with Gasteiger partial charge in [-0.25, -0.2) is 0 Å². The molecule has 0 aliphatic carbocycles. The monoisotopic (exact) mass is 482 g/mol. The SMILES string of the molecule is CCCCNC(=O)[C@H](CC)N(Cc1ccc(Cl)c(Cl)c1)C(=O)CCc1ccccc1Cl. The van der Waals surface area contributed by atoms with Gasteiger partial charge < -0.3 is 10.2 Å². The molecule has 31 heavy (non-hydrogen) atoms. The largest absolute Gasteiger partial charge is 0.354 e. The van der Waals surface area contributed by atoms with E-state index in [0.717, 1.165) is 24.0 Å². The molecular weight excluding hydrogens is 455 g/mol. The quantitative estimate of drug-likeness (QED) is 0.381. The molecule has 0 spiro atoms. The Kier molecular flexibility index (Phi) is 10.7. The van der Waals surface area contributed by atoms with E-state index in [1.807, 2.05) is 37.3 Å². The molecule has 4 nitrogen and oxygen atoms in total. The maximum atomic E-state index is 13.3. The fourth-order valence-corrected chi connectivity index (χ4v) is 3.90. The van der Waals surface area contributed by atoms with Crippen LogP contribution in [0.2, 0.25) is 15.1 Å². The van der Waals surface area contributed by atoms with Crippen LogP contribution in [-0.2, 0) is 22.6 Å². The van der Waals surface area contributed by atoms with Crippen LogP contribution >= 0.6 is 34.8 Å². The van der Waals surface area contributed by atoms with E-state index in [1.54, 1.807) is 17.0 Å².